The van der Waals surface area contributed by atoms with Crippen molar-refractivity contribution in [1.82, 2.24) is 10.6 Å². The molecule has 0 bridgehead atoms. The van der Waals surface area contributed by atoms with Gasteiger partial charge in [-0.3, -0.25) is 0 Å². The highest BCUT2D eigenvalue weighted by Gasteiger charge is 2.12. The van der Waals surface area contributed by atoms with E-state index in [4.69, 9.17) is 9.47 Å². The second-order valence-corrected chi connectivity index (χ2v) is 5.82. The van der Waals surface area contributed by atoms with Gasteiger partial charge in [0.15, 0.2) is 11.5 Å². The number of urea groups is 1. The van der Waals surface area contributed by atoms with Crippen LogP contribution in [0.3, 0.4) is 0 Å². The summed E-state index contributed by atoms with van der Waals surface area (Å²) in [4.78, 5) is 12.0. The van der Waals surface area contributed by atoms with E-state index in [1.165, 1.54) is 24.8 Å². The molecule has 1 aliphatic carbocycles. The molecule has 0 saturated heterocycles. The summed E-state index contributed by atoms with van der Waals surface area (Å²) in [6.07, 6.45) is 7.76. The third-order valence-corrected chi connectivity index (χ3v) is 4.16. The standard InChI is InChI=1S/C18H26N2O3/c1-13(15-9-10-16(22-2)17(11-15)23-3)20-18(21)19-12-14-7-5-4-6-8-14/h9-13H,4-8H2,1-3H3,(H2,19,20,21). The maximum Gasteiger partial charge on any atom is 0.319 e. The molecule has 1 aromatic carbocycles. The molecule has 2 amide bonds. The van der Waals surface area contributed by atoms with Crippen LogP contribution in [0.1, 0.15) is 50.6 Å². The number of allylic oxidation sites excluding steroid dienone is 1. The van der Waals surface area contributed by atoms with E-state index >= 15 is 0 Å². The van der Waals surface area contributed by atoms with Crippen molar-refractivity contribution in [2.45, 2.75) is 45.1 Å². The number of rotatable bonds is 5. The third-order valence-electron chi connectivity index (χ3n) is 4.16. The lowest BCUT2D eigenvalue weighted by atomic mass is 9.96. The number of methoxy groups -OCH3 is 2. The smallest absolute Gasteiger partial charge is 0.319 e. The molecule has 2 N–H and O–H groups in total. The van der Waals surface area contributed by atoms with Crippen molar-refractivity contribution in [1.29, 1.82) is 0 Å². The van der Waals surface area contributed by atoms with E-state index in [1.54, 1.807) is 14.2 Å². The number of hydrogen-bond donors (Lipinski definition) is 2. The van der Waals surface area contributed by atoms with Gasteiger partial charge in [-0.25, -0.2) is 4.79 Å². The van der Waals surface area contributed by atoms with Gasteiger partial charge in [-0.1, -0.05) is 18.1 Å². The molecule has 1 fully saturated rings. The Labute approximate surface area is 138 Å². The van der Waals surface area contributed by atoms with Crippen LogP contribution in [-0.2, 0) is 0 Å². The van der Waals surface area contributed by atoms with Crippen molar-refractivity contribution in [3.63, 3.8) is 0 Å². The molecule has 23 heavy (non-hydrogen) atoms. The van der Waals surface area contributed by atoms with Crippen molar-refractivity contribution < 1.29 is 14.3 Å². The molecule has 5 nitrogen and oxygen atoms in total. The first-order valence-corrected chi connectivity index (χ1v) is 8.11. The number of hydrogen-bond acceptors (Lipinski definition) is 3. The zero-order valence-corrected chi connectivity index (χ0v) is 14.1. The van der Waals surface area contributed by atoms with Gasteiger partial charge in [0.25, 0.3) is 0 Å². The zero-order valence-electron chi connectivity index (χ0n) is 14.1. The summed E-state index contributed by atoms with van der Waals surface area (Å²) in [5.74, 6) is 1.33. The molecule has 2 rings (SSSR count). The van der Waals surface area contributed by atoms with Crippen LogP contribution in [0.15, 0.2) is 30.0 Å². The first kappa shape index (κ1) is 17.2. The number of ether oxygens (including phenoxy) is 2. The van der Waals surface area contributed by atoms with Crippen LogP contribution in [0.5, 0.6) is 11.5 Å². The molecule has 0 heterocycles. The van der Waals surface area contributed by atoms with Crippen LogP contribution in [0.25, 0.3) is 0 Å². The van der Waals surface area contributed by atoms with Gasteiger partial charge in [0, 0.05) is 6.20 Å². The minimum absolute atomic E-state index is 0.125. The quantitative estimate of drug-likeness (QED) is 0.865. The molecule has 0 aliphatic heterocycles. The van der Waals surface area contributed by atoms with E-state index < -0.39 is 0 Å². The van der Waals surface area contributed by atoms with Crippen LogP contribution in [0.4, 0.5) is 4.79 Å². The SMILES string of the molecule is COc1ccc(C(C)NC(=O)NC=C2CCCCC2)cc1OC. The van der Waals surface area contributed by atoms with Crippen molar-refractivity contribution in [2.24, 2.45) is 0 Å². The number of carbonyl (C=O) groups is 1. The summed E-state index contributed by atoms with van der Waals surface area (Å²) in [6, 6.07) is 5.33. The van der Waals surface area contributed by atoms with E-state index in [0.717, 1.165) is 18.4 Å². The van der Waals surface area contributed by atoms with E-state index in [1.807, 2.05) is 31.3 Å². The fourth-order valence-electron chi connectivity index (χ4n) is 2.76. The lowest BCUT2D eigenvalue weighted by molar-refractivity contribution is 0.241. The van der Waals surface area contributed by atoms with Gasteiger partial charge in [-0.2, -0.15) is 0 Å². The van der Waals surface area contributed by atoms with Gasteiger partial charge in [-0.15, -0.1) is 0 Å². The second kappa shape index (κ2) is 8.46. The highest BCUT2D eigenvalue weighted by atomic mass is 16.5. The summed E-state index contributed by atoms with van der Waals surface area (Å²) in [5.41, 5.74) is 2.29. The Morgan fingerprint density at radius 3 is 2.48 bits per heavy atom. The Morgan fingerprint density at radius 2 is 1.83 bits per heavy atom. The average molecular weight is 318 g/mol. The van der Waals surface area contributed by atoms with Gasteiger partial charge < -0.3 is 20.1 Å². The molecule has 1 unspecified atom stereocenters. The number of carbonyl (C=O) groups excluding carboxylic acids is 1. The predicted octanol–water partition coefficient (Wildman–Crippen LogP) is 3.91. The monoisotopic (exact) mass is 318 g/mol. The van der Waals surface area contributed by atoms with Crippen LogP contribution >= 0.6 is 0 Å². The number of amides is 2. The van der Waals surface area contributed by atoms with Crippen molar-refractivity contribution in [3.8, 4) is 11.5 Å². The first-order valence-electron chi connectivity index (χ1n) is 8.11. The van der Waals surface area contributed by atoms with E-state index in [-0.39, 0.29) is 12.1 Å². The Bertz CT molecular complexity index is 561. The molecular weight excluding hydrogens is 292 g/mol. The number of nitrogens with one attached hydrogen (secondary N) is 2. The minimum Gasteiger partial charge on any atom is -0.493 e. The van der Waals surface area contributed by atoms with Crippen molar-refractivity contribution >= 4 is 6.03 Å². The van der Waals surface area contributed by atoms with Crippen LogP contribution < -0.4 is 20.1 Å². The highest BCUT2D eigenvalue weighted by molar-refractivity contribution is 5.75. The molecule has 1 atom stereocenters. The van der Waals surface area contributed by atoms with Gasteiger partial charge in [0.2, 0.25) is 0 Å². The average Bonchev–Trinajstić information content (AvgIpc) is 2.60. The van der Waals surface area contributed by atoms with Gasteiger partial charge in [-0.05, 0) is 50.3 Å². The van der Waals surface area contributed by atoms with E-state index in [0.29, 0.717) is 11.5 Å². The molecule has 0 radical (unpaired) electrons. The Morgan fingerprint density at radius 1 is 1.13 bits per heavy atom. The molecule has 0 aromatic heterocycles. The largest absolute Gasteiger partial charge is 0.493 e. The Balaban J connectivity index is 1.92. The number of benzene rings is 1. The van der Waals surface area contributed by atoms with Gasteiger partial charge in [0.05, 0.1) is 20.3 Å². The van der Waals surface area contributed by atoms with E-state index in [9.17, 15) is 4.79 Å². The topological polar surface area (TPSA) is 59.6 Å². The Kier molecular flexibility index (Phi) is 6.32. The predicted molar refractivity (Wildman–Crippen MR) is 90.8 cm³/mol. The van der Waals surface area contributed by atoms with Crippen LogP contribution in [0.2, 0.25) is 0 Å². The van der Waals surface area contributed by atoms with Gasteiger partial charge in [0.1, 0.15) is 0 Å². The lowest BCUT2D eigenvalue weighted by Gasteiger charge is -2.17. The highest BCUT2D eigenvalue weighted by Crippen LogP contribution is 2.29. The molecule has 1 aliphatic rings. The van der Waals surface area contributed by atoms with Crippen molar-refractivity contribution in [2.75, 3.05) is 14.2 Å². The van der Waals surface area contributed by atoms with Gasteiger partial charge >= 0.3 is 6.03 Å². The molecular formula is C18H26N2O3. The van der Waals surface area contributed by atoms with Crippen LogP contribution in [-0.4, -0.2) is 20.3 Å². The molecule has 1 saturated carbocycles. The fraction of sp³-hybridized carbons (Fsp3) is 0.500. The maximum absolute atomic E-state index is 12.0. The lowest BCUT2D eigenvalue weighted by Crippen LogP contribution is -2.34. The molecule has 1 aromatic rings. The summed E-state index contributed by atoms with van der Waals surface area (Å²) in [6.45, 7) is 1.94. The Hall–Kier alpha value is -2.17. The second-order valence-electron chi connectivity index (χ2n) is 5.82. The summed E-state index contributed by atoms with van der Waals surface area (Å²) in [7, 11) is 3.20. The summed E-state index contributed by atoms with van der Waals surface area (Å²) < 4.78 is 10.5. The normalized spacial score (nSPS) is 15.5. The van der Waals surface area contributed by atoms with Crippen LogP contribution in [0, 0.1) is 0 Å². The maximum atomic E-state index is 12.0. The fourth-order valence-corrected chi connectivity index (χ4v) is 2.76. The first-order chi connectivity index (χ1) is 11.1. The molecule has 0 spiro atoms. The third kappa shape index (κ3) is 4.91. The van der Waals surface area contributed by atoms with E-state index in [2.05, 4.69) is 10.6 Å². The summed E-state index contributed by atoms with van der Waals surface area (Å²) >= 11 is 0. The molecule has 5 heteroatoms. The molecule has 126 valence electrons. The zero-order chi connectivity index (χ0) is 16.7. The summed E-state index contributed by atoms with van der Waals surface area (Å²) in [5, 5.41) is 5.77. The minimum atomic E-state index is -0.189. The van der Waals surface area contributed by atoms with Crippen molar-refractivity contribution in [3.05, 3.63) is 35.5 Å².